The summed E-state index contributed by atoms with van der Waals surface area (Å²) in [4.78, 5) is 15.0. The summed E-state index contributed by atoms with van der Waals surface area (Å²) in [5.41, 5.74) is 1.86. The number of carbonyl (C=O) groups excluding carboxylic acids is 1. The Balaban J connectivity index is 1.60. The molecule has 0 spiro atoms. The zero-order chi connectivity index (χ0) is 19.6. The number of amides is 1. The van der Waals surface area contributed by atoms with Crippen LogP contribution in [0.2, 0.25) is 0 Å². The molecule has 1 atom stereocenters. The first kappa shape index (κ1) is 20.4. The van der Waals surface area contributed by atoms with Gasteiger partial charge in [0.15, 0.2) is 0 Å². The van der Waals surface area contributed by atoms with Crippen LogP contribution in [0.1, 0.15) is 41.7 Å². The second-order valence-electron chi connectivity index (χ2n) is 7.01. The minimum Gasteiger partial charge on any atom is -0.494 e. The first-order chi connectivity index (χ1) is 13.8. The molecule has 3 rings (SSSR count). The third-order valence-corrected chi connectivity index (χ3v) is 5.01. The molecule has 1 saturated heterocycles. The molecule has 1 aliphatic heterocycles. The van der Waals surface area contributed by atoms with Gasteiger partial charge >= 0.3 is 0 Å². The number of nitrogens with zero attached hydrogens (tertiary/aromatic N) is 1. The van der Waals surface area contributed by atoms with E-state index in [1.165, 1.54) is 5.56 Å². The maximum atomic E-state index is 12.6. The highest BCUT2D eigenvalue weighted by molar-refractivity contribution is 5.94. The van der Waals surface area contributed by atoms with Gasteiger partial charge in [-0.05, 0) is 36.2 Å². The molecule has 1 fully saturated rings. The van der Waals surface area contributed by atoms with E-state index in [-0.39, 0.29) is 11.9 Å². The Morgan fingerprint density at radius 2 is 1.82 bits per heavy atom. The molecule has 1 unspecified atom stereocenters. The molecule has 2 aromatic rings. The Morgan fingerprint density at radius 1 is 1.11 bits per heavy atom. The van der Waals surface area contributed by atoms with Gasteiger partial charge < -0.3 is 14.8 Å². The number of benzene rings is 2. The lowest BCUT2D eigenvalue weighted by Gasteiger charge is -2.35. The number of unbranched alkanes of at least 4 members (excludes halogenated alkanes) is 1. The van der Waals surface area contributed by atoms with E-state index in [0.29, 0.717) is 18.7 Å². The van der Waals surface area contributed by atoms with Crippen LogP contribution < -0.4 is 10.1 Å². The van der Waals surface area contributed by atoms with Gasteiger partial charge in [-0.1, -0.05) is 43.7 Å². The zero-order valence-electron chi connectivity index (χ0n) is 16.6. The van der Waals surface area contributed by atoms with Gasteiger partial charge in [0.25, 0.3) is 5.91 Å². The van der Waals surface area contributed by atoms with Gasteiger partial charge in [-0.2, -0.15) is 0 Å². The van der Waals surface area contributed by atoms with Crippen LogP contribution in [0.4, 0.5) is 0 Å². The predicted octanol–water partition coefficient (Wildman–Crippen LogP) is 3.67. The van der Waals surface area contributed by atoms with Crippen LogP contribution in [0, 0.1) is 0 Å². The fourth-order valence-electron chi connectivity index (χ4n) is 3.35. The molecule has 28 heavy (non-hydrogen) atoms. The largest absolute Gasteiger partial charge is 0.494 e. The minimum atomic E-state index is -0.0608. The summed E-state index contributed by atoms with van der Waals surface area (Å²) in [5.74, 6) is 0.745. The van der Waals surface area contributed by atoms with Crippen molar-refractivity contribution in [1.82, 2.24) is 10.2 Å². The van der Waals surface area contributed by atoms with Gasteiger partial charge in [0.1, 0.15) is 5.75 Å². The molecular weight excluding hydrogens is 352 g/mol. The number of carbonyl (C=O) groups is 1. The Morgan fingerprint density at radius 3 is 2.50 bits per heavy atom. The molecule has 1 heterocycles. The van der Waals surface area contributed by atoms with Crippen molar-refractivity contribution < 1.29 is 14.3 Å². The lowest BCUT2D eigenvalue weighted by Crippen LogP contribution is -2.43. The molecular formula is C23H30N2O3. The molecule has 0 radical (unpaired) electrons. The summed E-state index contributed by atoms with van der Waals surface area (Å²) in [6.45, 7) is 6.63. The summed E-state index contributed by atoms with van der Waals surface area (Å²) in [7, 11) is 0. The number of hydrogen-bond acceptors (Lipinski definition) is 4. The van der Waals surface area contributed by atoms with Crippen LogP contribution >= 0.6 is 0 Å². The van der Waals surface area contributed by atoms with Crippen molar-refractivity contribution in [2.24, 2.45) is 0 Å². The van der Waals surface area contributed by atoms with E-state index in [9.17, 15) is 4.79 Å². The SMILES string of the molecule is CCCCOc1ccc(C(=O)NCC(c2ccccc2)N2CCOCC2)cc1. The fourth-order valence-corrected chi connectivity index (χ4v) is 3.35. The second-order valence-corrected chi connectivity index (χ2v) is 7.01. The molecule has 5 nitrogen and oxygen atoms in total. The zero-order valence-corrected chi connectivity index (χ0v) is 16.6. The molecule has 2 aromatic carbocycles. The Hall–Kier alpha value is -2.37. The highest BCUT2D eigenvalue weighted by Crippen LogP contribution is 2.21. The van der Waals surface area contributed by atoms with Gasteiger partial charge in [0.2, 0.25) is 0 Å². The molecule has 150 valence electrons. The van der Waals surface area contributed by atoms with Crippen molar-refractivity contribution >= 4 is 5.91 Å². The summed E-state index contributed by atoms with van der Waals surface area (Å²) in [6.07, 6.45) is 2.14. The number of hydrogen-bond donors (Lipinski definition) is 1. The first-order valence-corrected chi connectivity index (χ1v) is 10.2. The molecule has 1 N–H and O–H groups in total. The normalized spacial score (nSPS) is 15.8. The minimum absolute atomic E-state index is 0.0608. The molecule has 0 aromatic heterocycles. The van der Waals surface area contributed by atoms with E-state index in [1.807, 2.05) is 42.5 Å². The van der Waals surface area contributed by atoms with E-state index < -0.39 is 0 Å². The quantitative estimate of drug-likeness (QED) is 0.673. The third kappa shape index (κ3) is 5.81. The second kappa shape index (κ2) is 10.8. The van der Waals surface area contributed by atoms with Crippen LogP contribution in [0.3, 0.4) is 0 Å². The standard InChI is InChI=1S/C23H30N2O3/c1-2-3-15-28-21-11-9-20(10-12-21)23(26)24-18-22(19-7-5-4-6-8-19)25-13-16-27-17-14-25/h4-12,22H,2-3,13-18H2,1H3,(H,24,26). The van der Waals surface area contributed by atoms with E-state index in [2.05, 4.69) is 29.3 Å². The Kier molecular flexibility index (Phi) is 7.88. The monoisotopic (exact) mass is 382 g/mol. The highest BCUT2D eigenvalue weighted by atomic mass is 16.5. The van der Waals surface area contributed by atoms with Crippen LogP contribution in [0.25, 0.3) is 0 Å². The van der Waals surface area contributed by atoms with Crippen molar-refractivity contribution in [2.75, 3.05) is 39.5 Å². The molecule has 1 aliphatic rings. The van der Waals surface area contributed by atoms with Crippen LogP contribution in [-0.4, -0.2) is 50.3 Å². The van der Waals surface area contributed by atoms with Crippen LogP contribution in [0.15, 0.2) is 54.6 Å². The van der Waals surface area contributed by atoms with Crippen molar-refractivity contribution in [3.8, 4) is 5.75 Å². The van der Waals surface area contributed by atoms with Crippen molar-refractivity contribution in [3.63, 3.8) is 0 Å². The number of ether oxygens (including phenoxy) is 2. The van der Waals surface area contributed by atoms with Gasteiger partial charge in [-0.15, -0.1) is 0 Å². The molecule has 1 amide bonds. The van der Waals surface area contributed by atoms with Crippen molar-refractivity contribution in [2.45, 2.75) is 25.8 Å². The maximum Gasteiger partial charge on any atom is 0.251 e. The molecule has 0 aliphatic carbocycles. The Bertz CT molecular complexity index is 712. The van der Waals surface area contributed by atoms with Gasteiger partial charge in [0.05, 0.1) is 25.9 Å². The number of rotatable bonds is 9. The predicted molar refractivity (Wildman–Crippen MR) is 111 cm³/mol. The fraction of sp³-hybridized carbons (Fsp3) is 0.435. The average Bonchev–Trinajstić information content (AvgIpc) is 2.76. The summed E-state index contributed by atoms with van der Waals surface area (Å²) >= 11 is 0. The molecule has 0 bridgehead atoms. The van der Waals surface area contributed by atoms with Crippen LogP contribution in [0.5, 0.6) is 5.75 Å². The van der Waals surface area contributed by atoms with Crippen LogP contribution in [-0.2, 0) is 4.74 Å². The summed E-state index contributed by atoms with van der Waals surface area (Å²) < 4.78 is 11.2. The lowest BCUT2D eigenvalue weighted by molar-refractivity contribution is 0.0162. The van der Waals surface area contributed by atoms with Gasteiger partial charge in [-0.3, -0.25) is 9.69 Å². The lowest BCUT2D eigenvalue weighted by atomic mass is 10.0. The smallest absolute Gasteiger partial charge is 0.251 e. The van der Waals surface area contributed by atoms with Crippen molar-refractivity contribution in [3.05, 3.63) is 65.7 Å². The number of morpholine rings is 1. The van der Waals surface area contributed by atoms with E-state index in [4.69, 9.17) is 9.47 Å². The topological polar surface area (TPSA) is 50.8 Å². The van der Waals surface area contributed by atoms with Crippen molar-refractivity contribution in [1.29, 1.82) is 0 Å². The summed E-state index contributed by atoms with van der Waals surface area (Å²) in [5, 5.41) is 3.10. The highest BCUT2D eigenvalue weighted by Gasteiger charge is 2.23. The molecule has 5 heteroatoms. The molecule has 0 saturated carbocycles. The third-order valence-electron chi connectivity index (χ3n) is 5.01. The van der Waals surface area contributed by atoms with Gasteiger partial charge in [0, 0.05) is 25.2 Å². The van der Waals surface area contributed by atoms with Gasteiger partial charge in [-0.25, -0.2) is 0 Å². The summed E-state index contributed by atoms with van der Waals surface area (Å²) in [6, 6.07) is 17.9. The van der Waals surface area contributed by atoms with E-state index in [1.54, 1.807) is 0 Å². The first-order valence-electron chi connectivity index (χ1n) is 10.2. The maximum absolute atomic E-state index is 12.6. The van der Waals surface area contributed by atoms with E-state index in [0.717, 1.165) is 44.9 Å². The average molecular weight is 383 g/mol. The Labute approximate surface area is 167 Å². The number of nitrogens with one attached hydrogen (secondary N) is 1. The van der Waals surface area contributed by atoms with E-state index >= 15 is 0 Å².